The second kappa shape index (κ2) is 7.28. The molecular weight excluding hydrogens is 262 g/mol. The number of anilines is 1. The summed E-state index contributed by atoms with van der Waals surface area (Å²) in [5, 5.41) is 11.6. The van der Waals surface area contributed by atoms with E-state index in [0.29, 0.717) is 6.42 Å². The van der Waals surface area contributed by atoms with Gasteiger partial charge in [0.1, 0.15) is 6.61 Å². The van der Waals surface area contributed by atoms with Crippen molar-refractivity contribution in [3.05, 3.63) is 65.2 Å². The van der Waals surface area contributed by atoms with Crippen molar-refractivity contribution < 1.29 is 9.90 Å². The van der Waals surface area contributed by atoms with E-state index in [0.717, 1.165) is 22.4 Å². The van der Waals surface area contributed by atoms with Gasteiger partial charge in [-0.3, -0.25) is 4.79 Å². The van der Waals surface area contributed by atoms with Gasteiger partial charge in [0.25, 0.3) is 0 Å². The van der Waals surface area contributed by atoms with Crippen molar-refractivity contribution in [1.82, 2.24) is 0 Å². The van der Waals surface area contributed by atoms with Gasteiger partial charge in [0, 0.05) is 11.3 Å². The smallest absolute Gasteiger partial charge is 0.228 e. The molecule has 0 atom stereocenters. The largest absolute Gasteiger partial charge is 0.384 e. The molecule has 1 amide bonds. The number of carbonyl (C=O) groups is 1. The summed E-state index contributed by atoms with van der Waals surface area (Å²) in [4.78, 5) is 12.0. The summed E-state index contributed by atoms with van der Waals surface area (Å²) >= 11 is 0. The first-order valence-corrected chi connectivity index (χ1v) is 6.73. The van der Waals surface area contributed by atoms with Gasteiger partial charge in [-0.25, -0.2) is 0 Å². The van der Waals surface area contributed by atoms with E-state index in [4.69, 9.17) is 5.11 Å². The average molecular weight is 279 g/mol. The lowest BCUT2D eigenvalue weighted by Gasteiger charge is -2.07. The molecule has 0 fully saturated rings. The highest BCUT2D eigenvalue weighted by atomic mass is 16.2. The summed E-state index contributed by atoms with van der Waals surface area (Å²) in [6.45, 7) is 1.77. The predicted molar refractivity (Wildman–Crippen MR) is 83.9 cm³/mol. The van der Waals surface area contributed by atoms with Gasteiger partial charge >= 0.3 is 0 Å². The number of amides is 1. The number of aliphatic hydroxyl groups is 1. The van der Waals surface area contributed by atoms with Crippen LogP contribution in [0, 0.1) is 18.8 Å². The maximum absolute atomic E-state index is 12.0. The topological polar surface area (TPSA) is 49.3 Å². The van der Waals surface area contributed by atoms with Crippen LogP contribution in [-0.4, -0.2) is 17.6 Å². The van der Waals surface area contributed by atoms with E-state index < -0.39 is 0 Å². The van der Waals surface area contributed by atoms with Crippen LogP contribution in [0.2, 0.25) is 0 Å². The van der Waals surface area contributed by atoms with Crippen LogP contribution in [0.3, 0.4) is 0 Å². The summed E-state index contributed by atoms with van der Waals surface area (Å²) in [6, 6.07) is 15.2. The van der Waals surface area contributed by atoms with Gasteiger partial charge in [-0.2, -0.15) is 0 Å². The Kier molecular flexibility index (Phi) is 5.14. The average Bonchev–Trinajstić information content (AvgIpc) is 2.47. The van der Waals surface area contributed by atoms with E-state index in [1.54, 1.807) is 0 Å². The Balaban J connectivity index is 2.03. The third kappa shape index (κ3) is 4.48. The molecule has 0 aliphatic rings. The molecule has 2 aromatic rings. The van der Waals surface area contributed by atoms with Crippen molar-refractivity contribution in [1.29, 1.82) is 0 Å². The minimum atomic E-state index is -0.158. The van der Waals surface area contributed by atoms with Crippen LogP contribution in [0.25, 0.3) is 0 Å². The molecule has 21 heavy (non-hydrogen) atoms. The molecule has 0 heterocycles. The highest BCUT2D eigenvalue weighted by Crippen LogP contribution is 2.15. The Bertz CT molecular complexity index is 681. The van der Waals surface area contributed by atoms with E-state index in [-0.39, 0.29) is 12.5 Å². The lowest BCUT2D eigenvalue weighted by Crippen LogP contribution is -2.14. The number of aryl methyl sites for hydroxylation is 1. The van der Waals surface area contributed by atoms with Crippen LogP contribution in [0.4, 0.5) is 5.69 Å². The third-order valence-electron chi connectivity index (χ3n) is 3.02. The second-order valence-corrected chi connectivity index (χ2v) is 4.70. The molecule has 3 nitrogen and oxygen atoms in total. The zero-order valence-corrected chi connectivity index (χ0v) is 11.9. The van der Waals surface area contributed by atoms with Crippen molar-refractivity contribution in [2.45, 2.75) is 13.3 Å². The van der Waals surface area contributed by atoms with E-state index in [2.05, 4.69) is 17.2 Å². The Hall–Kier alpha value is -2.57. The first kappa shape index (κ1) is 14.8. The Morgan fingerprint density at radius 3 is 2.62 bits per heavy atom. The Morgan fingerprint density at radius 2 is 1.95 bits per heavy atom. The SMILES string of the molecule is Cc1cc(NC(=O)Cc2ccccc2)ccc1C#CCO. The van der Waals surface area contributed by atoms with E-state index in [1.165, 1.54) is 0 Å². The zero-order valence-electron chi connectivity index (χ0n) is 11.9. The van der Waals surface area contributed by atoms with Crippen LogP contribution in [0.1, 0.15) is 16.7 Å². The first-order valence-electron chi connectivity index (χ1n) is 6.73. The zero-order chi connectivity index (χ0) is 15.1. The molecule has 2 N–H and O–H groups in total. The molecule has 0 radical (unpaired) electrons. The van der Waals surface area contributed by atoms with Gasteiger partial charge < -0.3 is 10.4 Å². The number of benzene rings is 2. The van der Waals surface area contributed by atoms with Crippen molar-refractivity contribution in [2.75, 3.05) is 11.9 Å². The monoisotopic (exact) mass is 279 g/mol. The molecule has 0 unspecified atom stereocenters. The van der Waals surface area contributed by atoms with Gasteiger partial charge in [0.05, 0.1) is 6.42 Å². The molecule has 0 aliphatic carbocycles. The molecule has 0 spiro atoms. The van der Waals surface area contributed by atoms with Crippen LogP contribution in [0.15, 0.2) is 48.5 Å². The van der Waals surface area contributed by atoms with Crippen molar-refractivity contribution in [3.63, 3.8) is 0 Å². The molecule has 106 valence electrons. The second-order valence-electron chi connectivity index (χ2n) is 4.70. The normalized spacial score (nSPS) is 9.62. The fourth-order valence-electron chi connectivity index (χ4n) is 2.00. The maximum atomic E-state index is 12.0. The Morgan fingerprint density at radius 1 is 1.19 bits per heavy atom. The molecule has 0 aromatic heterocycles. The van der Waals surface area contributed by atoms with Gasteiger partial charge in [-0.1, -0.05) is 42.2 Å². The van der Waals surface area contributed by atoms with Gasteiger partial charge in [0.2, 0.25) is 5.91 Å². The van der Waals surface area contributed by atoms with Gasteiger partial charge in [-0.05, 0) is 36.2 Å². The maximum Gasteiger partial charge on any atom is 0.228 e. The highest BCUT2D eigenvalue weighted by molar-refractivity contribution is 5.92. The Labute approximate surface area is 124 Å². The number of carbonyl (C=O) groups excluding carboxylic acids is 1. The van der Waals surface area contributed by atoms with E-state index in [9.17, 15) is 4.79 Å². The standard InChI is InChI=1S/C18H17NO2/c1-14-12-17(10-9-16(14)8-5-11-20)19-18(21)13-15-6-3-2-4-7-15/h2-4,6-7,9-10,12,20H,11,13H2,1H3,(H,19,21). The predicted octanol–water partition coefficient (Wildman–Crippen LogP) is 2.52. The van der Waals surface area contributed by atoms with Crippen LogP contribution in [-0.2, 0) is 11.2 Å². The summed E-state index contributed by atoms with van der Waals surface area (Å²) < 4.78 is 0. The molecule has 2 aromatic carbocycles. The number of nitrogens with one attached hydrogen (secondary N) is 1. The number of rotatable bonds is 3. The quantitative estimate of drug-likeness (QED) is 0.848. The lowest BCUT2D eigenvalue weighted by molar-refractivity contribution is -0.115. The molecule has 0 bridgehead atoms. The summed E-state index contributed by atoms with van der Waals surface area (Å²) in [6.07, 6.45) is 0.353. The molecule has 0 aliphatic heterocycles. The van der Waals surface area contributed by atoms with Crippen molar-refractivity contribution in [3.8, 4) is 11.8 Å². The van der Waals surface area contributed by atoms with Crippen molar-refractivity contribution >= 4 is 11.6 Å². The molecule has 3 heteroatoms. The summed E-state index contributed by atoms with van der Waals surface area (Å²) in [7, 11) is 0. The minimum Gasteiger partial charge on any atom is -0.384 e. The fraction of sp³-hybridized carbons (Fsp3) is 0.167. The molecular formula is C18H17NO2. The first-order chi connectivity index (χ1) is 10.2. The molecule has 2 rings (SSSR count). The summed E-state index contributed by atoms with van der Waals surface area (Å²) in [5.41, 5.74) is 3.55. The van der Waals surface area contributed by atoms with Crippen LogP contribution in [0.5, 0.6) is 0 Å². The van der Waals surface area contributed by atoms with Gasteiger partial charge in [0.15, 0.2) is 0 Å². The molecule has 0 saturated carbocycles. The van der Waals surface area contributed by atoms with E-state index >= 15 is 0 Å². The third-order valence-corrected chi connectivity index (χ3v) is 3.02. The fourth-order valence-corrected chi connectivity index (χ4v) is 2.00. The minimum absolute atomic E-state index is 0.0465. The lowest BCUT2D eigenvalue weighted by atomic mass is 10.1. The van der Waals surface area contributed by atoms with Crippen LogP contribution < -0.4 is 5.32 Å². The highest BCUT2D eigenvalue weighted by Gasteiger charge is 2.05. The number of aliphatic hydroxyl groups excluding tert-OH is 1. The van der Waals surface area contributed by atoms with Crippen LogP contribution >= 0.6 is 0 Å². The summed E-state index contributed by atoms with van der Waals surface area (Å²) in [5.74, 6) is 5.44. The van der Waals surface area contributed by atoms with Crippen molar-refractivity contribution in [2.24, 2.45) is 0 Å². The van der Waals surface area contributed by atoms with Gasteiger partial charge in [-0.15, -0.1) is 0 Å². The number of hydrogen-bond acceptors (Lipinski definition) is 2. The number of hydrogen-bond donors (Lipinski definition) is 2. The molecule has 0 saturated heterocycles. The van der Waals surface area contributed by atoms with E-state index in [1.807, 2.05) is 55.5 Å².